The lowest BCUT2D eigenvalue weighted by atomic mass is 10.0. The van der Waals surface area contributed by atoms with E-state index in [2.05, 4.69) is 41.0 Å². The maximum Gasteiger partial charge on any atom is 0.0522 e. The van der Waals surface area contributed by atoms with Crippen molar-refractivity contribution in [1.82, 2.24) is 15.2 Å². The Morgan fingerprint density at radius 3 is 2.61 bits per heavy atom. The molecule has 96 valence electrons. The Morgan fingerprint density at radius 1 is 1.39 bits per heavy atom. The average Bonchev–Trinajstić information content (AvgIpc) is 2.82. The number of nitrogens with zero attached hydrogens (tertiary/aromatic N) is 2. The highest BCUT2D eigenvalue weighted by atomic mass is 32.2. The first kappa shape index (κ1) is 13.1. The van der Waals surface area contributed by atoms with Crippen molar-refractivity contribution in [3.8, 4) is 0 Å². The molecule has 1 atom stereocenters. The van der Waals surface area contributed by atoms with Crippen molar-refractivity contribution in [2.75, 3.05) is 6.26 Å². The fourth-order valence-corrected chi connectivity index (χ4v) is 2.33. The molecule has 1 aromatic heterocycles. The number of thioether (sulfide) groups is 1. The van der Waals surface area contributed by atoms with E-state index in [-0.39, 0.29) is 6.04 Å². The van der Waals surface area contributed by atoms with Crippen LogP contribution in [-0.2, 0) is 13.5 Å². The minimum atomic E-state index is 0.116. The monoisotopic (exact) mass is 262 g/mol. The maximum absolute atomic E-state index is 5.65. The van der Waals surface area contributed by atoms with Crippen LogP contribution in [0.1, 0.15) is 17.2 Å². The van der Waals surface area contributed by atoms with Crippen molar-refractivity contribution in [2.24, 2.45) is 12.9 Å². The molecule has 0 fully saturated rings. The highest BCUT2D eigenvalue weighted by Gasteiger charge is 2.11. The largest absolute Gasteiger partial charge is 0.276 e. The Labute approximate surface area is 112 Å². The van der Waals surface area contributed by atoms with Gasteiger partial charge in [0.25, 0.3) is 0 Å². The first-order valence-corrected chi connectivity index (χ1v) is 7.03. The van der Waals surface area contributed by atoms with E-state index in [4.69, 9.17) is 5.84 Å². The van der Waals surface area contributed by atoms with Crippen molar-refractivity contribution in [2.45, 2.75) is 17.4 Å². The van der Waals surface area contributed by atoms with Gasteiger partial charge in [-0.3, -0.25) is 16.0 Å². The van der Waals surface area contributed by atoms with Gasteiger partial charge in [0.1, 0.15) is 0 Å². The first-order valence-electron chi connectivity index (χ1n) is 5.80. The van der Waals surface area contributed by atoms with Gasteiger partial charge < -0.3 is 0 Å². The molecular formula is C13H18N4S. The molecular weight excluding hydrogens is 244 g/mol. The van der Waals surface area contributed by atoms with Crippen molar-refractivity contribution < 1.29 is 0 Å². The zero-order valence-corrected chi connectivity index (χ0v) is 11.4. The predicted octanol–water partition coefficient (Wildman–Crippen LogP) is 1.89. The molecule has 4 nitrogen and oxygen atoms in total. The second-order valence-electron chi connectivity index (χ2n) is 4.22. The molecule has 1 heterocycles. The number of benzene rings is 1. The van der Waals surface area contributed by atoms with Crippen LogP contribution in [0.3, 0.4) is 0 Å². The normalized spacial score (nSPS) is 12.6. The maximum atomic E-state index is 5.65. The number of rotatable bonds is 5. The van der Waals surface area contributed by atoms with Gasteiger partial charge in [0.2, 0.25) is 0 Å². The third kappa shape index (κ3) is 3.13. The molecule has 0 bridgehead atoms. The standard InChI is InChI=1S/C13H18N4S/c1-17-9-10(8-15-17)7-13(16-14)11-3-5-12(18-2)6-4-11/h3-6,8-9,13,16H,7,14H2,1-2H3. The fraction of sp³-hybridized carbons (Fsp3) is 0.308. The molecule has 1 unspecified atom stereocenters. The third-order valence-electron chi connectivity index (χ3n) is 2.92. The smallest absolute Gasteiger partial charge is 0.0522 e. The SMILES string of the molecule is CSc1ccc(C(Cc2cnn(C)c2)NN)cc1. The fourth-order valence-electron chi connectivity index (χ4n) is 1.92. The van der Waals surface area contributed by atoms with Gasteiger partial charge in [0.05, 0.1) is 12.2 Å². The van der Waals surface area contributed by atoms with Gasteiger partial charge in [-0.2, -0.15) is 5.10 Å². The average molecular weight is 262 g/mol. The lowest BCUT2D eigenvalue weighted by molar-refractivity contribution is 0.551. The molecule has 0 spiro atoms. The summed E-state index contributed by atoms with van der Waals surface area (Å²) in [6, 6.07) is 8.59. The van der Waals surface area contributed by atoms with E-state index in [1.165, 1.54) is 16.0 Å². The molecule has 0 saturated carbocycles. The van der Waals surface area contributed by atoms with Crippen molar-refractivity contribution in [3.63, 3.8) is 0 Å². The van der Waals surface area contributed by atoms with Crippen molar-refractivity contribution >= 4 is 11.8 Å². The van der Waals surface area contributed by atoms with Crippen molar-refractivity contribution in [3.05, 3.63) is 47.8 Å². The summed E-state index contributed by atoms with van der Waals surface area (Å²) in [6.07, 6.45) is 6.80. The van der Waals surface area contributed by atoms with Crippen LogP contribution < -0.4 is 11.3 Å². The van der Waals surface area contributed by atoms with Gasteiger partial charge in [0.15, 0.2) is 0 Å². The van der Waals surface area contributed by atoms with E-state index in [0.717, 1.165) is 6.42 Å². The minimum absolute atomic E-state index is 0.116. The topological polar surface area (TPSA) is 55.9 Å². The van der Waals surface area contributed by atoms with E-state index < -0.39 is 0 Å². The van der Waals surface area contributed by atoms with Crippen LogP contribution in [0.15, 0.2) is 41.6 Å². The molecule has 0 aliphatic rings. The first-order chi connectivity index (χ1) is 8.72. The molecule has 3 N–H and O–H groups in total. The molecule has 1 aromatic carbocycles. The van der Waals surface area contributed by atoms with Crippen LogP contribution >= 0.6 is 11.8 Å². The molecule has 2 aromatic rings. The van der Waals surface area contributed by atoms with Crippen molar-refractivity contribution in [1.29, 1.82) is 0 Å². The van der Waals surface area contributed by atoms with Gasteiger partial charge >= 0.3 is 0 Å². The summed E-state index contributed by atoms with van der Waals surface area (Å²) in [6.45, 7) is 0. The predicted molar refractivity (Wildman–Crippen MR) is 75.2 cm³/mol. The van der Waals surface area contributed by atoms with Gasteiger partial charge in [-0.25, -0.2) is 0 Å². The summed E-state index contributed by atoms with van der Waals surface area (Å²) in [5, 5.41) is 4.17. The van der Waals surface area contributed by atoms with Crippen LogP contribution in [0.4, 0.5) is 0 Å². The summed E-state index contributed by atoms with van der Waals surface area (Å²) in [5.41, 5.74) is 5.24. The second-order valence-corrected chi connectivity index (χ2v) is 5.10. The molecule has 0 aliphatic carbocycles. The van der Waals surface area contributed by atoms with Crippen LogP contribution in [0.25, 0.3) is 0 Å². The molecule has 0 aliphatic heterocycles. The highest BCUT2D eigenvalue weighted by Crippen LogP contribution is 2.21. The Morgan fingerprint density at radius 2 is 2.11 bits per heavy atom. The van der Waals surface area contributed by atoms with Crippen LogP contribution in [-0.4, -0.2) is 16.0 Å². The van der Waals surface area contributed by atoms with Crippen LogP contribution in [0.2, 0.25) is 0 Å². The number of hydrogen-bond donors (Lipinski definition) is 2. The Kier molecular flexibility index (Phi) is 4.41. The number of nitrogens with one attached hydrogen (secondary N) is 1. The van der Waals surface area contributed by atoms with Gasteiger partial charge in [-0.15, -0.1) is 11.8 Å². The third-order valence-corrected chi connectivity index (χ3v) is 3.66. The van der Waals surface area contributed by atoms with Gasteiger partial charge in [0, 0.05) is 18.1 Å². The summed E-state index contributed by atoms with van der Waals surface area (Å²) < 4.78 is 1.81. The highest BCUT2D eigenvalue weighted by molar-refractivity contribution is 7.98. The molecule has 0 amide bonds. The zero-order chi connectivity index (χ0) is 13.0. The van der Waals surface area contributed by atoms with E-state index >= 15 is 0 Å². The Bertz CT molecular complexity index is 492. The number of aromatic nitrogens is 2. The molecule has 5 heteroatoms. The quantitative estimate of drug-likeness (QED) is 0.491. The summed E-state index contributed by atoms with van der Waals surface area (Å²) in [4.78, 5) is 1.26. The van der Waals surface area contributed by atoms with E-state index in [9.17, 15) is 0 Å². The lowest BCUT2D eigenvalue weighted by Crippen LogP contribution is -2.29. The number of hydrogen-bond acceptors (Lipinski definition) is 4. The van der Waals surface area contributed by atoms with E-state index in [0.29, 0.717) is 0 Å². The zero-order valence-electron chi connectivity index (χ0n) is 10.6. The molecule has 2 rings (SSSR count). The lowest BCUT2D eigenvalue weighted by Gasteiger charge is -2.15. The minimum Gasteiger partial charge on any atom is -0.276 e. The Balaban J connectivity index is 2.12. The van der Waals surface area contributed by atoms with Gasteiger partial charge in [-0.1, -0.05) is 12.1 Å². The number of aryl methyl sites for hydroxylation is 1. The molecule has 0 saturated heterocycles. The van der Waals surface area contributed by atoms with E-state index in [1.807, 2.05) is 19.4 Å². The number of nitrogens with two attached hydrogens (primary N) is 1. The van der Waals surface area contributed by atoms with Gasteiger partial charge in [-0.05, 0) is 35.9 Å². The van der Waals surface area contributed by atoms with Crippen LogP contribution in [0, 0.1) is 0 Å². The van der Waals surface area contributed by atoms with Crippen LogP contribution in [0.5, 0.6) is 0 Å². The summed E-state index contributed by atoms with van der Waals surface area (Å²) in [5.74, 6) is 5.65. The Hall–Kier alpha value is -1.30. The number of hydrazine groups is 1. The van der Waals surface area contributed by atoms with E-state index in [1.54, 1.807) is 16.4 Å². The summed E-state index contributed by atoms with van der Waals surface area (Å²) in [7, 11) is 1.92. The molecule has 18 heavy (non-hydrogen) atoms. The molecule has 0 radical (unpaired) electrons. The second kappa shape index (κ2) is 6.04. The summed E-state index contributed by atoms with van der Waals surface area (Å²) >= 11 is 1.74.